The van der Waals surface area contributed by atoms with Crippen molar-refractivity contribution in [2.75, 3.05) is 0 Å². The number of benzene rings is 2. The zero-order valence-corrected chi connectivity index (χ0v) is 17.4. The van der Waals surface area contributed by atoms with Gasteiger partial charge in [-0.25, -0.2) is 0 Å². The highest BCUT2D eigenvalue weighted by atomic mass is 16.3. The normalized spacial score (nSPS) is 11.8. The molecule has 0 aromatic heterocycles. The van der Waals surface area contributed by atoms with Gasteiger partial charge in [-0.2, -0.15) is 0 Å². The molecule has 0 aliphatic heterocycles. The molecule has 142 valence electrons. The maximum absolute atomic E-state index is 10.9. The zero-order valence-electron chi connectivity index (χ0n) is 17.4. The lowest BCUT2D eigenvalue weighted by Gasteiger charge is -2.23. The van der Waals surface area contributed by atoms with Crippen molar-refractivity contribution >= 4 is 0 Å². The molecular formula is C24H34O2. The summed E-state index contributed by atoms with van der Waals surface area (Å²) in [7, 11) is 0. The van der Waals surface area contributed by atoms with E-state index in [0.717, 1.165) is 35.1 Å². The first-order valence-corrected chi connectivity index (χ1v) is 9.92. The van der Waals surface area contributed by atoms with Crippen molar-refractivity contribution in [3.8, 4) is 11.5 Å². The van der Waals surface area contributed by atoms with E-state index in [1.807, 2.05) is 0 Å². The number of hydrogen-bond acceptors (Lipinski definition) is 2. The van der Waals surface area contributed by atoms with Crippen LogP contribution in [0.2, 0.25) is 0 Å². The summed E-state index contributed by atoms with van der Waals surface area (Å²) in [5.41, 5.74) is 6.24. The summed E-state index contributed by atoms with van der Waals surface area (Å²) in [5.74, 6) is 1.20. The molecule has 0 radical (unpaired) electrons. The third-order valence-corrected chi connectivity index (χ3v) is 5.45. The molecule has 0 saturated heterocycles. The standard InChI is InChI=1S/C24H34O2/c1-8-17-10-19(14(3)4)23(25)21(12-17)16(7)22-13-18(9-2)11-20(15(5)6)24(22)26/h10-16,25-26H,8-9H2,1-7H3. The van der Waals surface area contributed by atoms with Gasteiger partial charge in [0.2, 0.25) is 0 Å². The molecule has 2 rings (SSSR count). The van der Waals surface area contributed by atoms with Crippen LogP contribution in [-0.4, -0.2) is 10.2 Å². The van der Waals surface area contributed by atoms with Gasteiger partial charge >= 0.3 is 0 Å². The first-order chi connectivity index (χ1) is 12.2. The number of aryl methyl sites for hydroxylation is 2. The fourth-order valence-electron chi connectivity index (χ4n) is 3.61. The van der Waals surface area contributed by atoms with E-state index in [0.29, 0.717) is 11.5 Å². The van der Waals surface area contributed by atoms with Gasteiger partial charge in [0, 0.05) is 17.0 Å². The van der Waals surface area contributed by atoms with E-state index in [1.54, 1.807) is 0 Å². The Hall–Kier alpha value is -1.96. The van der Waals surface area contributed by atoms with Crippen LogP contribution in [0.1, 0.15) is 99.6 Å². The Bertz CT molecular complexity index is 707. The van der Waals surface area contributed by atoms with E-state index >= 15 is 0 Å². The van der Waals surface area contributed by atoms with Crippen LogP contribution in [0.25, 0.3) is 0 Å². The van der Waals surface area contributed by atoms with Crippen LogP contribution < -0.4 is 0 Å². The largest absolute Gasteiger partial charge is 0.507 e. The highest BCUT2D eigenvalue weighted by Crippen LogP contribution is 2.42. The number of phenols is 2. The minimum atomic E-state index is -0.0667. The number of rotatable bonds is 6. The summed E-state index contributed by atoms with van der Waals surface area (Å²) in [6, 6.07) is 8.41. The smallest absolute Gasteiger partial charge is 0.122 e. The average molecular weight is 355 g/mol. The van der Waals surface area contributed by atoms with E-state index in [4.69, 9.17) is 0 Å². The third kappa shape index (κ3) is 3.90. The van der Waals surface area contributed by atoms with E-state index in [1.165, 1.54) is 11.1 Å². The minimum absolute atomic E-state index is 0.0667. The topological polar surface area (TPSA) is 40.5 Å². The number of phenolic OH excluding ortho intramolecular Hbond substituents is 2. The summed E-state index contributed by atoms with van der Waals surface area (Å²) in [6.07, 6.45) is 1.86. The number of hydrogen-bond donors (Lipinski definition) is 2. The molecular weight excluding hydrogens is 320 g/mol. The summed E-state index contributed by atoms with van der Waals surface area (Å²) in [4.78, 5) is 0. The molecule has 2 aromatic carbocycles. The van der Waals surface area contributed by atoms with Crippen LogP contribution in [0.3, 0.4) is 0 Å². The van der Waals surface area contributed by atoms with Gasteiger partial charge in [0.25, 0.3) is 0 Å². The fraction of sp³-hybridized carbons (Fsp3) is 0.500. The van der Waals surface area contributed by atoms with Gasteiger partial charge in [0.1, 0.15) is 11.5 Å². The summed E-state index contributed by atoms with van der Waals surface area (Å²) in [6.45, 7) is 14.8. The quantitative estimate of drug-likeness (QED) is 0.612. The molecule has 0 spiro atoms. The van der Waals surface area contributed by atoms with Crippen LogP contribution in [0.4, 0.5) is 0 Å². The molecule has 2 N–H and O–H groups in total. The third-order valence-electron chi connectivity index (χ3n) is 5.45. The van der Waals surface area contributed by atoms with E-state index in [9.17, 15) is 10.2 Å². The highest BCUT2D eigenvalue weighted by Gasteiger charge is 2.23. The highest BCUT2D eigenvalue weighted by molar-refractivity contribution is 5.54. The van der Waals surface area contributed by atoms with Crippen molar-refractivity contribution in [2.45, 2.75) is 79.1 Å². The molecule has 2 nitrogen and oxygen atoms in total. The van der Waals surface area contributed by atoms with Gasteiger partial charge in [-0.3, -0.25) is 0 Å². The Labute approximate surface area is 158 Å². The minimum Gasteiger partial charge on any atom is -0.507 e. The molecule has 0 aliphatic carbocycles. The molecule has 26 heavy (non-hydrogen) atoms. The second-order valence-corrected chi connectivity index (χ2v) is 7.98. The molecule has 0 unspecified atom stereocenters. The Balaban J connectivity index is 2.68. The van der Waals surface area contributed by atoms with Gasteiger partial charge < -0.3 is 10.2 Å². The SMILES string of the molecule is CCc1cc(C(C)C)c(O)c(C(C)c2cc(CC)cc(C(C)C)c2O)c1. The maximum atomic E-state index is 10.9. The Morgan fingerprint density at radius 1 is 0.615 bits per heavy atom. The summed E-state index contributed by atoms with van der Waals surface area (Å²) in [5, 5.41) is 21.9. The molecule has 0 heterocycles. The van der Waals surface area contributed by atoms with Crippen molar-refractivity contribution in [2.24, 2.45) is 0 Å². The lowest BCUT2D eigenvalue weighted by molar-refractivity contribution is 0.446. The summed E-state index contributed by atoms with van der Waals surface area (Å²) >= 11 is 0. The summed E-state index contributed by atoms with van der Waals surface area (Å²) < 4.78 is 0. The molecule has 0 atom stereocenters. The van der Waals surface area contributed by atoms with E-state index < -0.39 is 0 Å². The molecule has 2 aromatic rings. The second kappa shape index (κ2) is 8.16. The van der Waals surface area contributed by atoms with Gasteiger partial charge in [0.05, 0.1) is 0 Å². The van der Waals surface area contributed by atoms with Crippen LogP contribution in [-0.2, 0) is 12.8 Å². The van der Waals surface area contributed by atoms with E-state index in [2.05, 4.69) is 72.7 Å². The monoisotopic (exact) mass is 354 g/mol. The molecule has 2 heteroatoms. The van der Waals surface area contributed by atoms with E-state index in [-0.39, 0.29) is 17.8 Å². The van der Waals surface area contributed by atoms with Crippen molar-refractivity contribution in [1.29, 1.82) is 0 Å². The molecule has 0 aliphatic rings. The predicted octanol–water partition coefficient (Wildman–Crippen LogP) is 6.62. The van der Waals surface area contributed by atoms with Gasteiger partial charge in [-0.15, -0.1) is 0 Å². The Morgan fingerprint density at radius 2 is 0.923 bits per heavy atom. The molecule has 0 fully saturated rings. The van der Waals surface area contributed by atoms with Crippen molar-refractivity contribution in [3.63, 3.8) is 0 Å². The Morgan fingerprint density at radius 3 is 1.19 bits per heavy atom. The van der Waals surface area contributed by atoms with Crippen molar-refractivity contribution < 1.29 is 10.2 Å². The number of aromatic hydroxyl groups is 2. The fourth-order valence-corrected chi connectivity index (χ4v) is 3.61. The zero-order chi connectivity index (χ0) is 19.6. The lowest BCUT2D eigenvalue weighted by Crippen LogP contribution is -2.04. The van der Waals surface area contributed by atoms with Gasteiger partial charge in [0.15, 0.2) is 0 Å². The first-order valence-electron chi connectivity index (χ1n) is 9.92. The molecule has 0 amide bonds. The van der Waals surface area contributed by atoms with Gasteiger partial charge in [-0.05, 0) is 46.9 Å². The van der Waals surface area contributed by atoms with Crippen LogP contribution >= 0.6 is 0 Å². The average Bonchev–Trinajstić information content (AvgIpc) is 2.61. The predicted molar refractivity (Wildman–Crippen MR) is 111 cm³/mol. The maximum Gasteiger partial charge on any atom is 0.122 e. The second-order valence-electron chi connectivity index (χ2n) is 7.98. The first kappa shape index (κ1) is 20.4. The van der Waals surface area contributed by atoms with Crippen molar-refractivity contribution in [3.05, 3.63) is 57.6 Å². The lowest BCUT2D eigenvalue weighted by atomic mass is 9.84. The molecule has 0 saturated carbocycles. The van der Waals surface area contributed by atoms with Crippen LogP contribution in [0.15, 0.2) is 24.3 Å². The van der Waals surface area contributed by atoms with Crippen LogP contribution in [0, 0.1) is 0 Å². The van der Waals surface area contributed by atoms with Crippen molar-refractivity contribution in [1.82, 2.24) is 0 Å². The van der Waals surface area contributed by atoms with Crippen LogP contribution in [0.5, 0.6) is 11.5 Å². The Kier molecular flexibility index (Phi) is 6.39. The molecule has 0 bridgehead atoms. The van der Waals surface area contributed by atoms with Gasteiger partial charge in [-0.1, -0.05) is 72.7 Å².